The molecule has 1 saturated heterocycles. The van der Waals surface area contributed by atoms with Gasteiger partial charge in [0.05, 0.1) is 5.52 Å². The first-order valence-corrected chi connectivity index (χ1v) is 11.3. The number of piperazine rings is 1. The van der Waals surface area contributed by atoms with E-state index in [0.29, 0.717) is 0 Å². The number of hydrogen-bond acceptors (Lipinski definition) is 4. The van der Waals surface area contributed by atoms with Crippen molar-refractivity contribution in [3.05, 3.63) is 99.2 Å². The van der Waals surface area contributed by atoms with Crippen LogP contribution in [-0.2, 0) is 17.1 Å². The summed E-state index contributed by atoms with van der Waals surface area (Å²) in [7, 11) is 0. The number of fused-ring (bicyclic) bond motifs is 1. The van der Waals surface area contributed by atoms with Crippen molar-refractivity contribution in [2.45, 2.75) is 0 Å². The van der Waals surface area contributed by atoms with Gasteiger partial charge >= 0.3 is 17.1 Å². The number of rotatable bonds is 6. The van der Waals surface area contributed by atoms with Gasteiger partial charge in [-0.25, -0.2) is 0 Å². The normalized spacial score (nSPS) is 20.0. The third-order valence-corrected chi connectivity index (χ3v) is 5.84. The molecule has 3 aliphatic rings. The van der Waals surface area contributed by atoms with Crippen LogP contribution in [-0.4, -0.2) is 60.6 Å². The molecule has 2 heterocycles. The summed E-state index contributed by atoms with van der Waals surface area (Å²) < 4.78 is 0. The maximum Gasteiger partial charge on any atom is 2.00 e. The molecule has 32 heavy (non-hydrogen) atoms. The molecule has 1 aromatic heterocycles. The van der Waals surface area contributed by atoms with E-state index in [0.717, 1.165) is 67.4 Å². The van der Waals surface area contributed by atoms with Gasteiger partial charge in [-0.05, 0) is 88.0 Å². The maximum absolute atomic E-state index is 6.06. The van der Waals surface area contributed by atoms with Crippen molar-refractivity contribution in [2.75, 3.05) is 51.1 Å². The predicted molar refractivity (Wildman–Crippen MR) is 130 cm³/mol. The van der Waals surface area contributed by atoms with E-state index in [1.807, 2.05) is 62.6 Å². The first-order valence-electron chi connectivity index (χ1n) is 10.9. The molecule has 1 aliphatic heterocycles. The van der Waals surface area contributed by atoms with Crippen LogP contribution in [0.5, 0.6) is 0 Å². The molecule has 0 bridgehead atoms. The standard InChI is InChI=1S/C21H24ClN4.C5H5.Fe/c22-18-5-6-19-20(7-8-23-21(19)15-18)24-9-10-25-11-13-26(14-12-25)16-17-3-1-2-4-17;1-2-4-5-3-1;/h1-8,15H,9-14,16H2,(H,23,24);1-5H;/q;;+2. The molecular formula is C26H29ClFeN4+2. The van der Waals surface area contributed by atoms with E-state index >= 15 is 0 Å². The van der Waals surface area contributed by atoms with Crippen LogP contribution in [0.1, 0.15) is 0 Å². The van der Waals surface area contributed by atoms with Crippen LogP contribution in [0.3, 0.4) is 0 Å². The molecule has 2 saturated carbocycles. The molecule has 4 nitrogen and oxygen atoms in total. The Labute approximate surface area is 209 Å². The zero-order chi connectivity index (χ0) is 21.3. The summed E-state index contributed by atoms with van der Waals surface area (Å²) >= 11 is 6.06. The minimum absolute atomic E-state index is 0. The molecule has 10 radical (unpaired) electrons. The van der Waals surface area contributed by atoms with Gasteiger partial charge in [-0.15, -0.1) is 0 Å². The average molecular weight is 489 g/mol. The van der Waals surface area contributed by atoms with Crippen LogP contribution in [0.2, 0.25) is 5.02 Å². The van der Waals surface area contributed by atoms with Crippen molar-refractivity contribution in [3.8, 4) is 0 Å². The van der Waals surface area contributed by atoms with Crippen LogP contribution < -0.4 is 5.32 Å². The molecule has 1 N–H and O–H groups in total. The predicted octanol–water partition coefficient (Wildman–Crippen LogP) is 4.34. The molecule has 0 unspecified atom stereocenters. The molecule has 0 amide bonds. The zero-order valence-corrected chi connectivity index (χ0v) is 20.0. The van der Waals surface area contributed by atoms with Gasteiger partial charge in [-0.3, -0.25) is 9.88 Å². The molecule has 0 spiro atoms. The zero-order valence-electron chi connectivity index (χ0n) is 18.1. The monoisotopic (exact) mass is 488 g/mol. The Bertz CT molecular complexity index is 792. The number of nitrogens with zero attached hydrogens (tertiary/aromatic N) is 3. The van der Waals surface area contributed by atoms with Crippen molar-refractivity contribution in [3.63, 3.8) is 0 Å². The summed E-state index contributed by atoms with van der Waals surface area (Å²) in [4.78, 5) is 9.48. The first kappa shape index (κ1) is 25.8. The fourth-order valence-electron chi connectivity index (χ4n) is 3.89. The Morgan fingerprint density at radius 2 is 1.50 bits per heavy atom. The quantitative estimate of drug-likeness (QED) is 0.613. The molecule has 1 aromatic carbocycles. The second-order valence-electron chi connectivity index (χ2n) is 7.82. The Morgan fingerprint density at radius 3 is 2.19 bits per heavy atom. The number of halogens is 1. The fraction of sp³-hybridized carbons (Fsp3) is 0.269. The minimum atomic E-state index is 0. The second kappa shape index (κ2) is 13.8. The third-order valence-electron chi connectivity index (χ3n) is 5.61. The largest absolute Gasteiger partial charge is 2.00 e. The molecule has 5 rings (SSSR count). The summed E-state index contributed by atoms with van der Waals surface area (Å²) in [5.41, 5.74) is 2.06. The minimum Gasteiger partial charge on any atom is -0.383 e. The number of aromatic nitrogens is 1. The van der Waals surface area contributed by atoms with Crippen molar-refractivity contribution in [1.82, 2.24) is 14.8 Å². The summed E-state index contributed by atoms with van der Waals surface area (Å²) in [6.45, 7) is 7.62. The van der Waals surface area contributed by atoms with Crippen molar-refractivity contribution in [2.24, 2.45) is 0 Å². The van der Waals surface area contributed by atoms with E-state index in [4.69, 9.17) is 11.6 Å². The second-order valence-corrected chi connectivity index (χ2v) is 8.26. The number of nitrogens with one attached hydrogen (secondary N) is 1. The SMILES string of the molecule is Clc1ccc2c(NCCN3CCN(C[C]4[CH][CH][CH][CH]4)CC3)ccnc2c1.[CH]1[CH][CH][CH][CH]1.[Fe+2]. The maximum atomic E-state index is 6.06. The molecule has 2 aromatic rings. The molecule has 3 fully saturated rings. The van der Waals surface area contributed by atoms with Crippen LogP contribution >= 0.6 is 11.6 Å². The van der Waals surface area contributed by atoms with Crippen molar-refractivity contribution >= 4 is 28.2 Å². The van der Waals surface area contributed by atoms with Gasteiger partial charge in [-0.1, -0.05) is 11.6 Å². The Balaban J connectivity index is 0.000000427. The van der Waals surface area contributed by atoms with Crippen LogP contribution in [0.25, 0.3) is 10.9 Å². The van der Waals surface area contributed by atoms with Crippen LogP contribution in [0.4, 0.5) is 5.69 Å². The topological polar surface area (TPSA) is 31.4 Å². The molecular weight excluding hydrogens is 460 g/mol. The number of pyridine rings is 1. The summed E-state index contributed by atoms with van der Waals surface area (Å²) in [5.74, 6) is 1.42. The van der Waals surface area contributed by atoms with E-state index in [-0.39, 0.29) is 17.1 Å². The average Bonchev–Trinajstić information content (AvgIpc) is 3.52. The van der Waals surface area contributed by atoms with Crippen LogP contribution in [0, 0.1) is 63.7 Å². The van der Waals surface area contributed by atoms with E-state index in [2.05, 4.69) is 45.8 Å². The molecule has 6 heteroatoms. The summed E-state index contributed by atoms with van der Waals surface area (Å²) in [6, 6.07) is 7.90. The summed E-state index contributed by atoms with van der Waals surface area (Å²) in [6.07, 6.45) is 20.5. The summed E-state index contributed by atoms with van der Waals surface area (Å²) in [5, 5.41) is 5.41. The van der Waals surface area contributed by atoms with Gasteiger partial charge in [0.25, 0.3) is 0 Å². The Hall–Kier alpha value is -0.841. The Kier molecular flexibility index (Phi) is 11.1. The molecule has 0 atom stereocenters. The van der Waals surface area contributed by atoms with Crippen LogP contribution in [0.15, 0.2) is 30.5 Å². The number of hydrogen-bond donors (Lipinski definition) is 1. The first-order chi connectivity index (χ1) is 15.3. The van der Waals surface area contributed by atoms with E-state index in [9.17, 15) is 0 Å². The van der Waals surface area contributed by atoms with E-state index in [1.165, 1.54) is 5.92 Å². The van der Waals surface area contributed by atoms with Gasteiger partial charge in [0.15, 0.2) is 0 Å². The molecule has 166 valence electrons. The van der Waals surface area contributed by atoms with E-state index < -0.39 is 0 Å². The Morgan fingerprint density at radius 1 is 0.844 bits per heavy atom. The van der Waals surface area contributed by atoms with Gasteiger partial charge in [0, 0.05) is 68.1 Å². The fourth-order valence-corrected chi connectivity index (χ4v) is 4.06. The number of benzene rings is 1. The van der Waals surface area contributed by atoms with Gasteiger partial charge < -0.3 is 10.2 Å². The molecule has 2 aliphatic carbocycles. The van der Waals surface area contributed by atoms with Gasteiger partial charge in [0.2, 0.25) is 0 Å². The van der Waals surface area contributed by atoms with Crippen molar-refractivity contribution < 1.29 is 17.1 Å². The van der Waals surface area contributed by atoms with E-state index in [1.54, 1.807) is 0 Å². The number of anilines is 1. The third kappa shape index (κ3) is 7.88. The van der Waals surface area contributed by atoms with Gasteiger partial charge in [0.1, 0.15) is 0 Å². The smallest absolute Gasteiger partial charge is 0.383 e. The van der Waals surface area contributed by atoms with Gasteiger partial charge in [-0.2, -0.15) is 0 Å². The van der Waals surface area contributed by atoms with Crippen molar-refractivity contribution in [1.29, 1.82) is 0 Å².